The molecule has 0 nitrogen and oxygen atoms in total. The Morgan fingerprint density at radius 1 is 0.941 bits per heavy atom. The molecule has 0 spiro atoms. The summed E-state index contributed by atoms with van der Waals surface area (Å²) in [5.74, 6) is 0. The van der Waals surface area contributed by atoms with E-state index in [9.17, 15) is 0 Å². The van der Waals surface area contributed by atoms with E-state index in [0.29, 0.717) is 4.75 Å². The summed E-state index contributed by atoms with van der Waals surface area (Å²) in [5.41, 5.74) is 0. The molecule has 0 aliphatic heterocycles. The predicted octanol–water partition coefficient (Wildman–Crippen LogP) is 5.95. The number of thioether (sulfide) groups is 1. The lowest BCUT2D eigenvalue weighted by Gasteiger charge is -2.40. The molecule has 2 rings (SSSR count). The molecule has 0 amide bonds. The van der Waals surface area contributed by atoms with Crippen molar-refractivity contribution >= 4 is 11.8 Å². The molecule has 0 aromatic heterocycles. The zero-order valence-electron chi connectivity index (χ0n) is 11.7. The molecule has 2 saturated carbocycles. The quantitative estimate of drug-likeness (QED) is 0.584. The molecule has 0 N–H and O–H groups in total. The van der Waals surface area contributed by atoms with E-state index < -0.39 is 0 Å². The number of unbranched alkanes of at least 4 members (excludes halogenated alkanes) is 1. The van der Waals surface area contributed by atoms with Crippen molar-refractivity contribution in [3.8, 4) is 0 Å². The van der Waals surface area contributed by atoms with Gasteiger partial charge in [-0.3, -0.25) is 0 Å². The molecule has 0 unspecified atom stereocenters. The second-order valence-corrected chi connectivity index (χ2v) is 7.99. The van der Waals surface area contributed by atoms with Crippen LogP contribution < -0.4 is 0 Å². The van der Waals surface area contributed by atoms with Gasteiger partial charge in [-0.1, -0.05) is 58.3 Å². The van der Waals surface area contributed by atoms with Crippen LogP contribution in [-0.2, 0) is 0 Å². The summed E-state index contributed by atoms with van der Waals surface area (Å²) in [6.07, 6.45) is 19.4. The second kappa shape index (κ2) is 7.07. The van der Waals surface area contributed by atoms with Gasteiger partial charge < -0.3 is 0 Å². The SMILES string of the molecule is CCCCC1(SC2CCCCC2)CCCCC1. The van der Waals surface area contributed by atoms with Gasteiger partial charge in [-0.05, 0) is 32.1 Å². The Kier molecular flexibility index (Phi) is 5.72. The van der Waals surface area contributed by atoms with Crippen molar-refractivity contribution in [2.75, 3.05) is 0 Å². The molecular formula is C16H30S. The Balaban J connectivity index is 1.88. The number of rotatable bonds is 5. The van der Waals surface area contributed by atoms with Crippen LogP contribution in [0.25, 0.3) is 0 Å². The van der Waals surface area contributed by atoms with E-state index in [1.807, 2.05) is 0 Å². The molecule has 2 aliphatic carbocycles. The highest BCUT2D eigenvalue weighted by molar-refractivity contribution is 8.01. The summed E-state index contributed by atoms with van der Waals surface area (Å²) >= 11 is 2.43. The molecule has 0 aromatic rings. The summed E-state index contributed by atoms with van der Waals surface area (Å²) in [5, 5.41) is 1.01. The standard InChI is InChI=1S/C16H30S/c1-2-3-12-16(13-8-5-9-14-16)17-15-10-6-4-7-11-15/h15H,2-14H2,1H3. The molecule has 0 atom stereocenters. The van der Waals surface area contributed by atoms with Crippen LogP contribution in [0, 0.1) is 0 Å². The van der Waals surface area contributed by atoms with Crippen LogP contribution in [-0.4, -0.2) is 10.00 Å². The summed E-state index contributed by atoms with van der Waals surface area (Å²) in [7, 11) is 0. The van der Waals surface area contributed by atoms with Crippen molar-refractivity contribution in [2.45, 2.75) is 100 Å². The maximum absolute atomic E-state index is 2.43. The second-order valence-electron chi connectivity index (χ2n) is 6.23. The van der Waals surface area contributed by atoms with Crippen LogP contribution in [0.15, 0.2) is 0 Å². The maximum atomic E-state index is 2.43. The highest BCUT2D eigenvalue weighted by Gasteiger charge is 2.34. The van der Waals surface area contributed by atoms with Crippen LogP contribution in [0.3, 0.4) is 0 Å². The van der Waals surface area contributed by atoms with E-state index in [0.717, 1.165) is 5.25 Å². The Hall–Kier alpha value is 0.350. The fourth-order valence-corrected chi connectivity index (χ4v) is 5.72. The van der Waals surface area contributed by atoms with Gasteiger partial charge in [0.15, 0.2) is 0 Å². The third kappa shape index (κ3) is 4.19. The average Bonchev–Trinajstić information content (AvgIpc) is 2.39. The van der Waals surface area contributed by atoms with Gasteiger partial charge in [-0.25, -0.2) is 0 Å². The van der Waals surface area contributed by atoms with E-state index in [1.54, 1.807) is 0 Å². The van der Waals surface area contributed by atoms with E-state index >= 15 is 0 Å². The summed E-state index contributed by atoms with van der Waals surface area (Å²) in [6.45, 7) is 2.35. The minimum atomic E-state index is 0.705. The minimum Gasteiger partial charge on any atom is -0.152 e. The molecule has 0 bridgehead atoms. The van der Waals surface area contributed by atoms with Gasteiger partial charge in [-0.2, -0.15) is 11.8 Å². The Morgan fingerprint density at radius 2 is 1.59 bits per heavy atom. The van der Waals surface area contributed by atoms with Crippen molar-refractivity contribution < 1.29 is 0 Å². The van der Waals surface area contributed by atoms with Gasteiger partial charge in [0, 0.05) is 10.00 Å². The lowest BCUT2D eigenvalue weighted by atomic mass is 9.85. The summed E-state index contributed by atoms with van der Waals surface area (Å²) < 4.78 is 0.705. The first-order valence-corrected chi connectivity index (χ1v) is 8.90. The minimum absolute atomic E-state index is 0.705. The monoisotopic (exact) mass is 254 g/mol. The first-order chi connectivity index (χ1) is 8.35. The third-order valence-electron chi connectivity index (χ3n) is 4.72. The van der Waals surface area contributed by atoms with E-state index in [-0.39, 0.29) is 0 Å². The predicted molar refractivity (Wildman–Crippen MR) is 79.8 cm³/mol. The molecule has 0 aromatic carbocycles. The van der Waals surface area contributed by atoms with Crippen LogP contribution >= 0.6 is 11.8 Å². The zero-order valence-corrected chi connectivity index (χ0v) is 12.5. The fourth-order valence-electron chi connectivity index (χ4n) is 3.66. The summed E-state index contributed by atoms with van der Waals surface area (Å²) in [4.78, 5) is 0. The molecule has 0 saturated heterocycles. The molecule has 0 heterocycles. The average molecular weight is 254 g/mol. The first-order valence-electron chi connectivity index (χ1n) is 8.02. The molecule has 100 valence electrons. The van der Waals surface area contributed by atoms with E-state index in [1.165, 1.54) is 83.5 Å². The highest BCUT2D eigenvalue weighted by atomic mass is 32.2. The normalized spacial score (nSPS) is 25.9. The molecule has 0 radical (unpaired) electrons. The van der Waals surface area contributed by atoms with Crippen molar-refractivity contribution in [1.82, 2.24) is 0 Å². The van der Waals surface area contributed by atoms with Crippen LogP contribution in [0.1, 0.15) is 90.4 Å². The zero-order chi connectivity index (χ0) is 12.0. The van der Waals surface area contributed by atoms with Crippen molar-refractivity contribution in [2.24, 2.45) is 0 Å². The Morgan fingerprint density at radius 3 is 2.24 bits per heavy atom. The largest absolute Gasteiger partial charge is 0.152 e. The number of hydrogen-bond acceptors (Lipinski definition) is 1. The van der Waals surface area contributed by atoms with Gasteiger partial charge in [0.05, 0.1) is 0 Å². The van der Waals surface area contributed by atoms with E-state index in [2.05, 4.69) is 18.7 Å². The van der Waals surface area contributed by atoms with Crippen molar-refractivity contribution in [1.29, 1.82) is 0 Å². The van der Waals surface area contributed by atoms with Gasteiger partial charge in [-0.15, -0.1) is 0 Å². The van der Waals surface area contributed by atoms with Crippen molar-refractivity contribution in [3.05, 3.63) is 0 Å². The topological polar surface area (TPSA) is 0 Å². The first kappa shape index (κ1) is 13.8. The van der Waals surface area contributed by atoms with Crippen molar-refractivity contribution in [3.63, 3.8) is 0 Å². The molecule has 17 heavy (non-hydrogen) atoms. The third-order valence-corrected chi connectivity index (χ3v) is 6.64. The Bertz CT molecular complexity index is 200. The van der Waals surface area contributed by atoms with E-state index in [4.69, 9.17) is 0 Å². The van der Waals surface area contributed by atoms with Crippen LogP contribution in [0.5, 0.6) is 0 Å². The maximum Gasteiger partial charge on any atom is 0.0162 e. The van der Waals surface area contributed by atoms with Crippen LogP contribution in [0.4, 0.5) is 0 Å². The summed E-state index contributed by atoms with van der Waals surface area (Å²) in [6, 6.07) is 0. The lowest BCUT2D eigenvalue weighted by molar-refractivity contribution is 0.366. The Labute approximate surface area is 112 Å². The van der Waals surface area contributed by atoms with Crippen LogP contribution in [0.2, 0.25) is 0 Å². The molecule has 2 aliphatic rings. The molecule has 2 fully saturated rings. The fraction of sp³-hybridized carbons (Fsp3) is 1.00. The number of hydrogen-bond donors (Lipinski definition) is 0. The molecular weight excluding hydrogens is 224 g/mol. The van der Waals surface area contributed by atoms with Gasteiger partial charge in [0.25, 0.3) is 0 Å². The lowest BCUT2D eigenvalue weighted by Crippen LogP contribution is -2.31. The van der Waals surface area contributed by atoms with Gasteiger partial charge >= 0.3 is 0 Å². The van der Waals surface area contributed by atoms with Gasteiger partial charge in [0.2, 0.25) is 0 Å². The highest BCUT2D eigenvalue weighted by Crippen LogP contribution is 2.48. The molecule has 1 heteroatoms. The smallest absolute Gasteiger partial charge is 0.0162 e. The van der Waals surface area contributed by atoms with Gasteiger partial charge in [0.1, 0.15) is 0 Å².